The van der Waals surface area contributed by atoms with Crippen LogP contribution in [0.3, 0.4) is 0 Å². The molecular formula is C23H23N3O4. The molecule has 0 bridgehead atoms. The average molecular weight is 405 g/mol. The van der Waals surface area contributed by atoms with Gasteiger partial charge < -0.3 is 19.5 Å². The number of aryl methyl sites for hydroxylation is 1. The van der Waals surface area contributed by atoms with Crippen LogP contribution in [0.1, 0.15) is 16.9 Å². The van der Waals surface area contributed by atoms with Gasteiger partial charge in [-0.25, -0.2) is 0 Å². The lowest BCUT2D eigenvalue weighted by atomic mass is 10.2. The lowest BCUT2D eigenvalue weighted by Crippen LogP contribution is -2.33. The third-order valence-electron chi connectivity index (χ3n) is 4.20. The molecule has 1 N–H and O–H groups in total. The topological polar surface area (TPSA) is 84.7 Å². The smallest absolute Gasteiger partial charge is 0.246 e. The number of carbonyl (C=O) groups excluding carboxylic acids is 2. The van der Waals surface area contributed by atoms with E-state index < -0.39 is 0 Å². The minimum absolute atomic E-state index is 0.0959. The predicted octanol–water partition coefficient (Wildman–Crippen LogP) is 3.67. The number of amides is 2. The molecule has 2 amide bonds. The Kier molecular flexibility index (Phi) is 7.00. The molecule has 0 atom stereocenters. The molecule has 3 aromatic rings. The average Bonchev–Trinajstić information content (AvgIpc) is 3.16. The highest BCUT2D eigenvalue weighted by Gasteiger charge is 2.12. The number of ether oxygens (including phenoxy) is 1. The van der Waals surface area contributed by atoms with Gasteiger partial charge >= 0.3 is 0 Å². The lowest BCUT2D eigenvalue weighted by molar-refractivity contribution is -0.129. The van der Waals surface area contributed by atoms with Gasteiger partial charge in [0.15, 0.2) is 5.82 Å². The number of anilines is 1. The molecule has 0 aliphatic carbocycles. The molecule has 0 fully saturated rings. The Hall–Kier alpha value is -3.87. The number of carbonyl (C=O) groups is 2. The molecule has 0 radical (unpaired) electrons. The summed E-state index contributed by atoms with van der Waals surface area (Å²) in [6.07, 6.45) is 3.12. The van der Waals surface area contributed by atoms with Crippen molar-refractivity contribution in [1.29, 1.82) is 0 Å². The Balaban J connectivity index is 1.46. The molecule has 0 unspecified atom stereocenters. The third kappa shape index (κ3) is 6.34. The molecule has 7 nitrogen and oxygen atoms in total. The highest BCUT2D eigenvalue weighted by Crippen LogP contribution is 2.15. The van der Waals surface area contributed by atoms with E-state index in [-0.39, 0.29) is 18.4 Å². The summed E-state index contributed by atoms with van der Waals surface area (Å²) >= 11 is 0. The van der Waals surface area contributed by atoms with E-state index in [2.05, 4.69) is 10.5 Å². The van der Waals surface area contributed by atoms with Crippen molar-refractivity contribution in [1.82, 2.24) is 10.1 Å². The van der Waals surface area contributed by atoms with E-state index in [1.165, 1.54) is 11.0 Å². The summed E-state index contributed by atoms with van der Waals surface area (Å²) in [5.41, 5.74) is 1.95. The van der Waals surface area contributed by atoms with Crippen LogP contribution in [0.4, 0.5) is 5.82 Å². The zero-order valence-corrected chi connectivity index (χ0v) is 16.9. The maximum Gasteiger partial charge on any atom is 0.246 e. The molecule has 2 aromatic carbocycles. The molecule has 154 valence electrons. The van der Waals surface area contributed by atoms with Crippen LogP contribution in [-0.2, 0) is 16.2 Å². The van der Waals surface area contributed by atoms with Gasteiger partial charge in [-0.3, -0.25) is 9.59 Å². The van der Waals surface area contributed by atoms with E-state index in [1.54, 1.807) is 26.1 Å². The van der Waals surface area contributed by atoms with Crippen LogP contribution in [0.2, 0.25) is 0 Å². The molecule has 1 aromatic heterocycles. The second-order valence-corrected chi connectivity index (χ2v) is 6.74. The fourth-order valence-corrected chi connectivity index (χ4v) is 2.61. The molecular weight excluding hydrogens is 382 g/mol. The second-order valence-electron chi connectivity index (χ2n) is 6.74. The highest BCUT2D eigenvalue weighted by molar-refractivity contribution is 5.97. The molecule has 3 rings (SSSR count). The molecule has 1 heterocycles. The Labute approximate surface area is 174 Å². The van der Waals surface area contributed by atoms with Crippen molar-refractivity contribution in [3.63, 3.8) is 0 Å². The van der Waals surface area contributed by atoms with Crippen molar-refractivity contribution in [2.75, 3.05) is 18.9 Å². The van der Waals surface area contributed by atoms with Crippen LogP contribution in [-0.4, -0.2) is 35.5 Å². The summed E-state index contributed by atoms with van der Waals surface area (Å²) in [4.78, 5) is 25.5. The molecule has 0 aliphatic rings. The van der Waals surface area contributed by atoms with E-state index in [0.717, 1.165) is 16.9 Å². The van der Waals surface area contributed by atoms with E-state index in [4.69, 9.17) is 9.26 Å². The van der Waals surface area contributed by atoms with Crippen molar-refractivity contribution in [3.8, 4) is 5.75 Å². The van der Waals surface area contributed by atoms with Crippen LogP contribution < -0.4 is 10.1 Å². The minimum atomic E-state index is -0.354. The summed E-state index contributed by atoms with van der Waals surface area (Å²) in [5, 5.41) is 6.26. The number of benzene rings is 2. The first-order valence-corrected chi connectivity index (χ1v) is 9.43. The normalized spacial score (nSPS) is 10.7. The monoisotopic (exact) mass is 405 g/mol. The predicted molar refractivity (Wildman–Crippen MR) is 114 cm³/mol. The number of hydrogen-bond acceptors (Lipinski definition) is 5. The number of rotatable bonds is 8. The number of nitrogens with one attached hydrogen (secondary N) is 1. The van der Waals surface area contributed by atoms with Crippen LogP contribution in [0.25, 0.3) is 6.08 Å². The van der Waals surface area contributed by atoms with Gasteiger partial charge in [-0.1, -0.05) is 47.6 Å². The van der Waals surface area contributed by atoms with Gasteiger partial charge in [0, 0.05) is 19.2 Å². The molecule has 30 heavy (non-hydrogen) atoms. The quantitative estimate of drug-likeness (QED) is 0.578. The van der Waals surface area contributed by atoms with Gasteiger partial charge in [0.25, 0.3) is 0 Å². The van der Waals surface area contributed by atoms with Crippen LogP contribution >= 0.6 is 0 Å². The number of aromatic nitrogens is 1. The number of likely N-dealkylation sites (N-methyl/N-ethyl adjacent to an activating group) is 1. The van der Waals surface area contributed by atoms with Crippen LogP contribution in [0.5, 0.6) is 5.75 Å². The summed E-state index contributed by atoms with van der Waals surface area (Å²) < 4.78 is 10.6. The van der Waals surface area contributed by atoms with Gasteiger partial charge in [0.2, 0.25) is 11.8 Å². The van der Waals surface area contributed by atoms with Crippen LogP contribution in [0, 0.1) is 6.92 Å². The van der Waals surface area contributed by atoms with Crippen molar-refractivity contribution in [2.45, 2.75) is 13.5 Å². The molecule has 0 saturated carbocycles. The van der Waals surface area contributed by atoms with Crippen molar-refractivity contribution < 1.29 is 18.8 Å². The zero-order valence-electron chi connectivity index (χ0n) is 16.9. The van der Waals surface area contributed by atoms with Crippen molar-refractivity contribution in [3.05, 3.63) is 83.6 Å². The zero-order chi connectivity index (χ0) is 21.3. The van der Waals surface area contributed by atoms with Gasteiger partial charge in [-0.15, -0.1) is 0 Å². The standard InChI is InChI=1S/C23H23N3O4/c1-17-14-21(25-30-17)24-22(27)15-26(2)23(28)13-10-18-8-11-20(12-9-18)29-16-19-6-4-3-5-7-19/h3-14H,15-16H2,1-2H3,(H,24,25,27)/b13-10+. The van der Waals surface area contributed by atoms with Crippen molar-refractivity contribution in [2.24, 2.45) is 0 Å². The SMILES string of the molecule is Cc1cc(NC(=O)CN(C)C(=O)/C=C/c2ccc(OCc3ccccc3)cc2)no1. The van der Waals surface area contributed by atoms with E-state index in [1.807, 2.05) is 54.6 Å². The summed E-state index contributed by atoms with van der Waals surface area (Å²) in [5.74, 6) is 1.02. The Morgan fingerprint density at radius 3 is 2.53 bits per heavy atom. The van der Waals surface area contributed by atoms with E-state index >= 15 is 0 Å². The van der Waals surface area contributed by atoms with Gasteiger partial charge in [0.05, 0.1) is 6.54 Å². The first kappa shape index (κ1) is 20.9. The number of hydrogen-bond donors (Lipinski definition) is 1. The first-order chi connectivity index (χ1) is 14.5. The maximum atomic E-state index is 12.2. The lowest BCUT2D eigenvalue weighted by Gasteiger charge is -2.13. The van der Waals surface area contributed by atoms with Gasteiger partial charge in [0.1, 0.15) is 18.1 Å². The molecule has 0 spiro atoms. The Morgan fingerprint density at radius 2 is 1.87 bits per heavy atom. The van der Waals surface area contributed by atoms with Gasteiger partial charge in [-0.05, 0) is 36.3 Å². The fourth-order valence-electron chi connectivity index (χ4n) is 2.61. The maximum absolute atomic E-state index is 12.2. The number of nitrogens with zero attached hydrogens (tertiary/aromatic N) is 2. The minimum Gasteiger partial charge on any atom is -0.489 e. The first-order valence-electron chi connectivity index (χ1n) is 9.43. The summed E-state index contributed by atoms with van der Waals surface area (Å²) in [7, 11) is 1.56. The van der Waals surface area contributed by atoms with E-state index in [0.29, 0.717) is 18.2 Å². The van der Waals surface area contributed by atoms with Crippen LogP contribution in [0.15, 0.2) is 71.3 Å². The summed E-state index contributed by atoms with van der Waals surface area (Å²) in [6.45, 7) is 2.13. The highest BCUT2D eigenvalue weighted by atomic mass is 16.5. The van der Waals surface area contributed by atoms with Gasteiger partial charge in [-0.2, -0.15) is 0 Å². The molecule has 7 heteroatoms. The second kappa shape index (κ2) is 10.1. The fraction of sp³-hybridized carbons (Fsp3) is 0.174. The third-order valence-corrected chi connectivity index (χ3v) is 4.20. The van der Waals surface area contributed by atoms with E-state index in [9.17, 15) is 9.59 Å². The summed E-state index contributed by atoms with van der Waals surface area (Å²) in [6, 6.07) is 19.0. The Bertz CT molecular complexity index is 1010. The molecule has 0 aliphatic heterocycles. The largest absolute Gasteiger partial charge is 0.489 e. The molecule has 0 saturated heterocycles. The Morgan fingerprint density at radius 1 is 1.13 bits per heavy atom. The van der Waals surface area contributed by atoms with Crippen molar-refractivity contribution >= 4 is 23.7 Å².